The Balaban J connectivity index is 1.62. The van der Waals surface area contributed by atoms with Gasteiger partial charge in [-0.1, -0.05) is 25.7 Å². The molecule has 3 nitrogen and oxygen atoms in total. The zero-order chi connectivity index (χ0) is 12.6. The maximum atomic E-state index is 10.2. The van der Waals surface area contributed by atoms with Crippen LogP contribution >= 0.6 is 0 Å². The van der Waals surface area contributed by atoms with Crippen molar-refractivity contribution in [3.8, 4) is 0 Å². The van der Waals surface area contributed by atoms with Gasteiger partial charge < -0.3 is 9.47 Å². The molecular weight excluding hydrogens is 228 g/mol. The molecule has 2 aliphatic rings. The first kappa shape index (κ1) is 14.3. The number of hydrogen-bond acceptors (Lipinski definition) is 2. The summed E-state index contributed by atoms with van der Waals surface area (Å²) >= 11 is 0. The van der Waals surface area contributed by atoms with E-state index in [0.29, 0.717) is 19.3 Å². The Morgan fingerprint density at radius 3 is 2.61 bits per heavy atom. The lowest BCUT2D eigenvalue weighted by atomic mass is 9.69. The molecule has 3 atom stereocenters. The lowest BCUT2D eigenvalue weighted by Crippen LogP contribution is -2.36. The standard InChI is InChI=1S/C15H27O3/c16-9-12-17-10-4-11-18-15-8-3-6-13-5-1-2-7-14(13)15/h13-15H,1-12H2. The summed E-state index contributed by atoms with van der Waals surface area (Å²) < 4.78 is 11.3. The predicted octanol–water partition coefficient (Wildman–Crippen LogP) is 3.20. The minimum atomic E-state index is -0.132. The monoisotopic (exact) mass is 255 g/mol. The first-order chi connectivity index (χ1) is 8.92. The Morgan fingerprint density at radius 1 is 0.889 bits per heavy atom. The number of fused-ring (bicyclic) bond motifs is 1. The second-order valence-corrected chi connectivity index (χ2v) is 5.72. The molecule has 0 amide bonds. The van der Waals surface area contributed by atoms with Gasteiger partial charge in [0.25, 0.3) is 0 Å². The maximum absolute atomic E-state index is 10.2. The van der Waals surface area contributed by atoms with Crippen LogP contribution in [0.3, 0.4) is 0 Å². The van der Waals surface area contributed by atoms with Crippen LogP contribution in [0.25, 0.3) is 0 Å². The van der Waals surface area contributed by atoms with E-state index >= 15 is 0 Å². The molecule has 0 heterocycles. The third-order valence-corrected chi connectivity index (χ3v) is 4.50. The number of rotatable bonds is 7. The van der Waals surface area contributed by atoms with Gasteiger partial charge in [0, 0.05) is 13.2 Å². The second kappa shape index (κ2) is 8.13. The molecule has 0 aromatic heterocycles. The highest BCUT2D eigenvalue weighted by Crippen LogP contribution is 2.41. The molecule has 0 saturated heterocycles. The molecule has 3 heteroatoms. The van der Waals surface area contributed by atoms with Crippen LogP contribution in [0.4, 0.5) is 0 Å². The molecule has 2 fully saturated rings. The van der Waals surface area contributed by atoms with Gasteiger partial charge in [0.1, 0.15) is 6.61 Å². The lowest BCUT2D eigenvalue weighted by Gasteiger charge is -2.41. The van der Waals surface area contributed by atoms with E-state index in [1.807, 2.05) is 0 Å². The van der Waals surface area contributed by atoms with E-state index < -0.39 is 0 Å². The van der Waals surface area contributed by atoms with Gasteiger partial charge in [0.15, 0.2) is 0 Å². The first-order valence-electron chi connectivity index (χ1n) is 7.69. The molecule has 2 saturated carbocycles. The summed E-state index contributed by atoms with van der Waals surface area (Å²) in [5.74, 6) is 1.77. The molecule has 0 aromatic rings. The van der Waals surface area contributed by atoms with Gasteiger partial charge in [-0.05, 0) is 37.5 Å². The maximum Gasteiger partial charge on any atom is 0.106 e. The highest BCUT2D eigenvalue weighted by molar-refractivity contribution is 4.85. The van der Waals surface area contributed by atoms with Crippen molar-refractivity contribution >= 4 is 0 Å². The summed E-state index contributed by atoms with van der Waals surface area (Å²) in [6, 6.07) is 0. The molecular formula is C15H27O3. The molecule has 2 rings (SSSR count). The Labute approximate surface area is 111 Å². The smallest absolute Gasteiger partial charge is 0.106 e. The lowest BCUT2D eigenvalue weighted by molar-refractivity contribution is -0.0531. The quantitative estimate of drug-likeness (QED) is 0.655. The molecule has 0 bridgehead atoms. The average Bonchev–Trinajstić information content (AvgIpc) is 2.43. The molecule has 0 aromatic carbocycles. The summed E-state index contributed by atoms with van der Waals surface area (Å²) in [4.78, 5) is 0. The van der Waals surface area contributed by atoms with Crippen LogP contribution in [0.5, 0.6) is 0 Å². The minimum Gasteiger partial charge on any atom is -0.379 e. The van der Waals surface area contributed by atoms with Crippen LogP contribution in [-0.2, 0) is 14.6 Å². The van der Waals surface area contributed by atoms with E-state index in [1.54, 1.807) is 0 Å². The van der Waals surface area contributed by atoms with Crippen LogP contribution in [0.2, 0.25) is 0 Å². The van der Waals surface area contributed by atoms with E-state index in [-0.39, 0.29) is 6.61 Å². The van der Waals surface area contributed by atoms with E-state index in [0.717, 1.165) is 24.9 Å². The van der Waals surface area contributed by atoms with Gasteiger partial charge in [0.05, 0.1) is 12.7 Å². The van der Waals surface area contributed by atoms with Crippen molar-refractivity contribution in [2.24, 2.45) is 11.8 Å². The van der Waals surface area contributed by atoms with E-state index in [2.05, 4.69) is 0 Å². The van der Waals surface area contributed by atoms with Crippen molar-refractivity contribution in [2.75, 3.05) is 26.4 Å². The van der Waals surface area contributed by atoms with Crippen LogP contribution in [-0.4, -0.2) is 32.5 Å². The van der Waals surface area contributed by atoms with Gasteiger partial charge in [-0.25, -0.2) is 5.11 Å². The van der Waals surface area contributed by atoms with E-state index in [1.165, 1.54) is 44.9 Å². The molecule has 18 heavy (non-hydrogen) atoms. The summed E-state index contributed by atoms with van der Waals surface area (Å²) in [6.07, 6.45) is 11.1. The molecule has 0 aliphatic heterocycles. The fourth-order valence-corrected chi connectivity index (χ4v) is 3.64. The Morgan fingerprint density at radius 2 is 1.72 bits per heavy atom. The fraction of sp³-hybridized carbons (Fsp3) is 1.00. The second-order valence-electron chi connectivity index (χ2n) is 5.72. The largest absolute Gasteiger partial charge is 0.379 e. The van der Waals surface area contributed by atoms with Crippen molar-refractivity contribution in [3.05, 3.63) is 0 Å². The van der Waals surface area contributed by atoms with Crippen LogP contribution in [0.1, 0.15) is 51.4 Å². The van der Waals surface area contributed by atoms with Crippen molar-refractivity contribution in [1.82, 2.24) is 0 Å². The van der Waals surface area contributed by atoms with Crippen LogP contribution in [0.15, 0.2) is 0 Å². The Kier molecular flexibility index (Phi) is 6.46. The minimum absolute atomic E-state index is 0.132. The molecule has 1 radical (unpaired) electrons. The van der Waals surface area contributed by atoms with Crippen molar-refractivity contribution in [3.63, 3.8) is 0 Å². The fourth-order valence-electron chi connectivity index (χ4n) is 3.64. The number of hydrogen-bond donors (Lipinski definition) is 0. The van der Waals surface area contributed by atoms with E-state index in [9.17, 15) is 5.11 Å². The van der Waals surface area contributed by atoms with Gasteiger partial charge >= 0.3 is 0 Å². The van der Waals surface area contributed by atoms with Crippen molar-refractivity contribution < 1.29 is 14.6 Å². The summed E-state index contributed by atoms with van der Waals surface area (Å²) in [6.45, 7) is 1.68. The number of ether oxygens (including phenoxy) is 2. The topological polar surface area (TPSA) is 38.4 Å². The zero-order valence-electron chi connectivity index (χ0n) is 11.4. The van der Waals surface area contributed by atoms with E-state index in [4.69, 9.17) is 9.47 Å². The molecule has 3 unspecified atom stereocenters. The van der Waals surface area contributed by atoms with Crippen LogP contribution < -0.4 is 0 Å². The molecule has 0 N–H and O–H groups in total. The predicted molar refractivity (Wildman–Crippen MR) is 70.0 cm³/mol. The summed E-state index contributed by atoms with van der Waals surface area (Å²) in [5.41, 5.74) is 0. The molecule has 105 valence electrons. The van der Waals surface area contributed by atoms with Crippen LogP contribution in [0, 0.1) is 11.8 Å². The highest BCUT2D eigenvalue weighted by atomic mass is 16.5. The third kappa shape index (κ3) is 4.22. The van der Waals surface area contributed by atoms with Gasteiger partial charge in [0.2, 0.25) is 0 Å². The summed E-state index contributed by atoms with van der Waals surface area (Å²) in [5, 5.41) is 10.2. The summed E-state index contributed by atoms with van der Waals surface area (Å²) in [7, 11) is 0. The third-order valence-electron chi connectivity index (χ3n) is 4.50. The van der Waals surface area contributed by atoms with Gasteiger partial charge in [-0.15, -0.1) is 0 Å². The van der Waals surface area contributed by atoms with Gasteiger partial charge in [-0.2, -0.15) is 0 Å². The SMILES string of the molecule is [O]CCOCCCOC1CCCC2CCCCC21. The normalized spacial score (nSPS) is 32.2. The molecule has 2 aliphatic carbocycles. The molecule has 0 spiro atoms. The first-order valence-corrected chi connectivity index (χ1v) is 7.69. The van der Waals surface area contributed by atoms with Crippen molar-refractivity contribution in [1.29, 1.82) is 0 Å². The Hall–Kier alpha value is -0.120. The Bertz CT molecular complexity index is 218. The zero-order valence-corrected chi connectivity index (χ0v) is 11.4. The average molecular weight is 255 g/mol. The van der Waals surface area contributed by atoms with Crippen molar-refractivity contribution in [2.45, 2.75) is 57.5 Å². The van der Waals surface area contributed by atoms with Gasteiger partial charge in [-0.3, -0.25) is 0 Å². The highest BCUT2D eigenvalue weighted by Gasteiger charge is 2.35.